The van der Waals surface area contributed by atoms with Crippen molar-refractivity contribution in [2.24, 2.45) is 0 Å². The van der Waals surface area contributed by atoms with E-state index in [-0.39, 0.29) is 24.6 Å². The molecule has 3 rings (SSSR count). The molecule has 4 nitrogen and oxygen atoms in total. The van der Waals surface area contributed by atoms with E-state index in [1.807, 2.05) is 13.1 Å². The highest BCUT2D eigenvalue weighted by Crippen LogP contribution is 2.31. The van der Waals surface area contributed by atoms with Crippen LogP contribution in [0, 0.1) is 0 Å². The largest absolute Gasteiger partial charge is 0.368 e. The van der Waals surface area contributed by atoms with Crippen LogP contribution >= 0.6 is 12.4 Å². The first-order valence-electron chi connectivity index (χ1n) is 6.05. The molecule has 0 amide bonds. The summed E-state index contributed by atoms with van der Waals surface area (Å²) >= 11 is 0. The Bertz CT molecular complexity index is 540. The Morgan fingerprint density at radius 2 is 2.22 bits per heavy atom. The van der Waals surface area contributed by atoms with Crippen molar-refractivity contribution in [1.82, 2.24) is 15.1 Å². The van der Waals surface area contributed by atoms with Gasteiger partial charge < -0.3 is 10.1 Å². The summed E-state index contributed by atoms with van der Waals surface area (Å²) in [6.45, 7) is 3.72. The second kappa shape index (κ2) is 5.26. The van der Waals surface area contributed by atoms with Gasteiger partial charge in [-0.1, -0.05) is 18.2 Å². The van der Waals surface area contributed by atoms with Gasteiger partial charge in [0, 0.05) is 11.4 Å². The third-order valence-electron chi connectivity index (χ3n) is 3.47. The lowest BCUT2D eigenvalue weighted by atomic mass is 10.0. The molecule has 1 aliphatic rings. The molecule has 98 valence electrons. The van der Waals surface area contributed by atoms with Gasteiger partial charge in [0.05, 0.1) is 24.4 Å². The molecule has 1 aromatic carbocycles. The Balaban J connectivity index is 0.00000120. The van der Waals surface area contributed by atoms with Crippen LogP contribution in [0.3, 0.4) is 0 Å². The minimum absolute atomic E-state index is 0. The number of rotatable bonds is 2. The molecule has 0 fully saturated rings. The van der Waals surface area contributed by atoms with Gasteiger partial charge in [-0.25, -0.2) is 0 Å². The minimum atomic E-state index is 0. The van der Waals surface area contributed by atoms with E-state index in [9.17, 15) is 0 Å². The van der Waals surface area contributed by atoms with Gasteiger partial charge >= 0.3 is 0 Å². The van der Waals surface area contributed by atoms with E-state index < -0.39 is 0 Å². The van der Waals surface area contributed by atoms with Crippen molar-refractivity contribution in [3.05, 3.63) is 30.0 Å². The first-order valence-corrected chi connectivity index (χ1v) is 6.05. The van der Waals surface area contributed by atoms with Gasteiger partial charge in [-0.05, 0) is 20.0 Å². The van der Waals surface area contributed by atoms with E-state index in [1.54, 1.807) is 0 Å². The summed E-state index contributed by atoms with van der Waals surface area (Å²) < 4.78 is 7.99. The normalized spacial score (nSPS) is 20.2. The third-order valence-corrected chi connectivity index (χ3v) is 3.47. The van der Waals surface area contributed by atoms with Gasteiger partial charge in [0.15, 0.2) is 0 Å². The number of hydrogen-bond donors (Lipinski definition) is 1. The molecule has 0 unspecified atom stereocenters. The average molecular weight is 268 g/mol. The summed E-state index contributed by atoms with van der Waals surface area (Å²) in [6, 6.07) is 8.55. The fourth-order valence-corrected chi connectivity index (χ4v) is 2.45. The number of halogens is 1. The van der Waals surface area contributed by atoms with Crippen LogP contribution in [0.1, 0.15) is 18.7 Å². The Labute approximate surface area is 113 Å². The van der Waals surface area contributed by atoms with Crippen molar-refractivity contribution >= 4 is 23.3 Å². The Kier molecular flexibility index (Phi) is 3.90. The van der Waals surface area contributed by atoms with E-state index in [0.717, 1.165) is 18.7 Å². The lowest BCUT2D eigenvalue weighted by Crippen LogP contribution is -2.35. The Morgan fingerprint density at radius 1 is 1.44 bits per heavy atom. The molecule has 0 radical (unpaired) electrons. The van der Waals surface area contributed by atoms with Gasteiger partial charge in [0.2, 0.25) is 0 Å². The number of nitrogens with zero attached hydrogens (tertiary/aromatic N) is 2. The molecule has 1 aromatic heterocycles. The fraction of sp³-hybridized carbons (Fsp3) is 0.462. The van der Waals surface area contributed by atoms with Crippen LogP contribution in [-0.4, -0.2) is 29.5 Å². The van der Waals surface area contributed by atoms with Gasteiger partial charge in [-0.3, -0.25) is 4.68 Å². The number of hydrogen-bond acceptors (Lipinski definition) is 3. The molecule has 0 bridgehead atoms. The van der Waals surface area contributed by atoms with Crippen molar-refractivity contribution in [2.75, 3.05) is 13.7 Å². The highest BCUT2D eigenvalue weighted by atomic mass is 35.5. The Morgan fingerprint density at radius 3 is 3.00 bits per heavy atom. The number of nitrogens with one attached hydrogen (secondary N) is 1. The SMILES string of the molecule is CN[C@H](C)[C@H]1OCCn2nc3ccccc3c21.Cl. The van der Waals surface area contributed by atoms with E-state index >= 15 is 0 Å². The molecule has 5 heteroatoms. The first kappa shape index (κ1) is 13.3. The summed E-state index contributed by atoms with van der Waals surface area (Å²) in [7, 11) is 1.96. The fourth-order valence-electron chi connectivity index (χ4n) is 2.45. The quantitative estimate of drug-likeness (QED) is 0.906. The van der Waals surface area contributed by atoms with Crippen molar-refractivity contribution in [1.29, 1.82) is 0 Å². The molecule has 2 atom stereocenters. The molecule has 18 heavy (non-hydrogen) atoms. The van der Waals surface area contributed by atoms with Crippen LogP contribution < -0.4 is 5.32 Å². The molecule has 0 spiro atoms. The standard InChI is InChI=1S/C13H17N3O.ClH/c1-9(14-2)13-12-10-5-3-4-6-11(10)15-16(12)7-8-17-13;/h3-6,9,13-14H,7-8H2,1-2H3;1H/t9-,13-;/m1./s1. The zero-order valence-electron chi connectivity index (χ0n) is 10.6. The summed E-state index contributed by atoms with van der Waals surface area (Å²) in [4.78, 5) is 0. The summed E-state index contributed by atoms with van der Waals surface area (Å²) in [5.74, 6) is 0. The topological polar surface area (TPSA) is 39.1 Å². The number of likely N-dealkylation sites (N-methyl/N-ethyl adjacent to an activating group) is 1. The summed E-state index contributed by atoms with van der Waals surface area (Å²) in [5, 5.41) is 9.10. The smallest absolute Gasteiger partial charge is 0.115 e. The number of benzene rings is 1. The van der Waals surface area contributed by atoms with Gasteiger partial charge in [0.25, 0.3) is 0 Å². The predicted molar refractivity (Wildman–Crippen MR) is 74.2 cm³/mol. The summed E-state index contributed by atoms with van der Waals surface area (Å²) in [6.07, 6.45) is 0.0844. The number of aromatic nitrogens is 2. The van der Waals surface area contributed by atoms with Crippen molar-refractivity contribution in [3.8, 4) is 0 Å². The van der Waals surface area contributed by atoms with E-state index in [4.69, 9.17) is 4.74 Å². The van der Waals surface area contributed by atoms with Crippen molar-refractivity contribution in [2.45, 2.75) is 25.6 Å². The zero-order valence-corrected chi connectivity index (χ0v) is 11.4. The van der Waals surface area contributed by atoms with Crippen LogP contribution in [0.5, 0.6) is 0 Å². The van der Waals surface area contributed by atoms with Crippen LogP contribution in [0.25, 0.3) is 10.9 Å². The van der Waals surface area contributed by atoms with Crippen LogP contribution in [0.15, 0.2) is 24.3 Å². The maximum Gasteiger partial charge on any atom is 0.115 e. The molecule has 1 N–H and O–H groups in total. The zero-order chi connectivity index (χ0) is 11.8. The molecule has 0 saturated carbocycles. The van der Waals surface area contributed by atoms with Gasteiger partial charge in [0.1, 0.15) is 6.10 Å². The van der Waals surface area contributed by atoms with Crippen LogP contribution in [0.2, 0.25) is 0 Å². The second-order valence-electron chi connectivity index (χ2n) is 4.49. The monoisotopic (exact) mass is 267 g/mol. The molecule has 2 heterocycles. The minimum Gasteiger partial charge on any atom is -0.368 e. The average Bonchev–Trinajstić information content (AvgIpc) is 2.76. The lowest BCUT2D eigenvalue weighted by molar-refractivity contribution is -0.000832. The van der Waals surface area contributed by atoms with E-state index in [2.05, 4.69) is 40.2 Å². The molecule has 1 aliphatic heterocycles. The molecule has 2 aromatic rings. The molecule has 0 saturated heterocycles. The van der Waals surface area contributed by atoms with Gasteiger partial charge in [-0.15, -0.1) is 12.4 Å². The van der Waals surface area contributed by atoms with Crippen molar-refractivity contribution < 1.29 is 4.74 Å². The van der Waals surface area contributed by atoms with E-state index in [1.165, 1.54) is 11.1 Å². The highest BCUT2D eigenvalue weighted by molar-refractivity contribution is 5.85. The highest BCUT2D eigenvalue weighted by Gasteiger charge is 2.28. The first-order chi connectivity index (χ1) is 8.31. The van der Waals surface area contributed by atoms with Crippen molar-refractivity contribution in [3.63, 3.8) is 0 Å². The Hall–Kier alpha value is -1.10. The molecular formula is C13H18ClN3O. The van der Waals surface area contributed by atoms with Gasteiger partial charge in [-0.2, -0.15) is 5.10 Å². The van der Waals surface area contributed by atoms with Crippen LogP contribution in [0.4, 0.5) is 0 Å². The summed E-state index contributed by atoms with van der Waals surface area (Å²) in [5.41, 5.74) is 2.26. The number of fused-ring (bicyclic) bond motifs is 3. The third kappa shape index (κ3) is 2.00. The maximum atomic E-state index is 5.90. The van der Waals surface area contributed by atoms with E-state index in [0.29, 0.717) is 0 Å². The number of ether oxygens (including phenoxy) is 1. The lowest BCUT2D eigenvalue weighted by Gasteiger charge is -2.29. The predicted octanol–water partition coefficient (Wildman–Crippen LogP) is 2.14. The second-order valence-corrected chi connectivity index (χ2v) is 4.49. The molecular weight excluding hydrogens is 250 g/mol. The molecule has 0 aliphatic carbocycles. The maximum absolute atomic E-state index is 5.90. The van der Waals surface area contributed by atoms with Crippen LogP contribution in [-0.2, 0) is 11.3 Å².